The molecule has 0 radical (unpaired) electrons. The van der Waals surface area contributed by atoms with Crippen LogP contribution in [0.2, 0.25) is 0 Å². The molecule has 0 aliphatic heterocycles. The van der Waals surface area contributed by atoms with Crippen LogP contribution in [-0.2, 0) is 5.41 Å². The summed E-state index contributed by atoms with van der Waals surface area (Å²) in [5.74, 6) is 0.404. The number of fused-ring (bicyclic) bond motifs is 8. The van der Waals surface area contributed by atoms with Crippen LogP contribution in [0, 0.1) is 0 Å². The first-order valence-electron chi connectivity index (χ1n) is 14.3. The van der Waals surface area contributed by atoms with Gasteiger partial charge in [-0.1, -0.05) is 106 Å². The van der Waals surface area contributed by atoms with Gasteiger partial charge in [-0.15, -0.1) is 0 Å². The van der Waals surface area contributed by atoms with Crippen molar-refractivity contribution in [1.82, 2.24) is 0 Å². The Morgan fingerprint density at radius 2 is 1.12 bits per heavy atom. The van der Waals surface area contributed by atoms with Gasteiger partial charge in [0.1, 0.15) is 0 Å². The first kappa shape index (κ1) is 23.3. The summed E-state index contributed by atoms with van der Waals surface area (Å²) in [6.45, 7) is 7.17. The smallest absolute Gasteiger partial charge is 0.0543 e. The zero-order valence-electron chi connectivity index (χ0n) is 23.1. The molecule has 0 bridgehead atoms. The maximum absolute atomic E-state index is 2.52. The van der Waals surface area contributed by atoms with E-state index in [1.165, 1.54) is 61.0 Å². The molecule has 6 aromatic carbocycles. The molecule has 1 nitrogen and oxygen atoms in total. The summed E-state index contributed by atoms with van der Waals surface area (Å²) in [7, 11) is 0. The molecular formula is C39H31N. The summed E-state index contributed by atoms with van der Waals surface area (Å²) in [5.41, 5.74) is 14.7. The maximum atomic E-state index is 2.52. The number of hydrogen-bond donors (Lipinski definition) is 0. The highest BCUT2D eigenvalue weighted by Gasteiger charge is 2.40. The number of nitrogens with zero attached hydrogens (tertiary/aromatic N) is 1. The van der Waals surface area contributed by atoms with Crippen LogP contribution in [0.3, 0.4) is 0 Å². The second-order valence-electron chi connectivity index (χ2n) is 11.8. The Kier molecular flexibility index (Phi) is 4.91. The van der Waals surface area contributed by atoms with Gasteiger partial charge >= 0.3 is 0 Å². The van der Waals surface area contributed by atoms with Gasteiger partial charge in [-0.05, 0) is 92.4 Å². The van der Waals surface area contributed by atoms with Gasteiger partial charge in [0.15, 0.2) is 0 Å². The topological polar surface area (TPSA) is 3.24 Å². The van der Waals surface area contributed by atoms with Crippen molar-refractivity contribution < 1.29 is 0 Å². The highest BCUT2D eigenvalue weighted by molar-refractivity contribution is 6.10. The monoisotopic (exact) mass is 513 g/mol. The van der Waals surface area contributed by atoms with E-state index in [2.05, 4.69) is 153 Å². The van der Waals surface area contributed by atoms with E-state index in [1.807, 2.05) is 0 Å². The van der Waals surface area contributed by atoms with Gasteiger partial charge in [0, 0.05) is 28.1 Å². The highest BCUT2D eigenvalue weighted by Crippen LogP contribution is 2.57. The van der Waals surface area contributed by atoms with Crippen LogP contribution in [0.15, 0.2) is 127 Å². The van der Waals surface area contributed by atoms with E-state index >= 15 is 0 Å². The predicted octanol–water partition coefficient (Wildman–Crippen LogP) is 10.7. The highest BCUT2D eigenvalue weighted by atomic mass is 15.1. The van der Waals surface area contributed by atoms with Crippen molar-refractivity contribution in [3.63, 3.8) is 0 Å². The predicted molar refractivity (Wildman–Crippen MR) is 169 cm³/mol. The van der Waals surface area contributed by atoms with E-state index in [4.69, 9.17) is 0 Å². The quantitative estimate of drug-likeness (QED) is 0.227. The second-order valence-corrected chi connectivity index (χ2v) is 11.8. The zero-order valence-corrected chi connectivity index (χ0v) is 23.1. The first-order valence-corrected chi connectivity index (χ1v) is 14.3. The van der Waals surface area contributed by atoms with Crippen LogP contribution in [0.1, 0.15) is 48.9 Å². The molecule has 2 aliphatic rings. The number of para-hydroxylation sites is 2. The summed E-state index contributed by atoms with van der Waals surface area (Å²) >= 11 is 0. The fourth-order valence-corrected chi connectivity index (χ4v) is 7.27. The molecule has 2 aliphatic carbocycles. The minimum Gasteiger partial charge on any atom is -0.310 e. The lowest BCUT2D eigenvalue weighted by atomic mass is 9.80. The minimum absolute atomic E-state index is 0.127. The molecule has 0 saturated carbocycles. The Bertz CT molecular complexity index is 1890. The molecule has 1 heteroatoms. The Labute approximate surface area is 236 Å². The summed E-state index contributed by atoms with van der Waals surface area (Å²) < 4.78 is 0. The fourth-order valence-electron chi connectivity index (χ4n) is 7.27. The average molecular weight is 514 g/mol. The van der Waals surface area contributed by atoms with Crippen LogP contribution in [0.5, 0.6) is 0 Å². The van der Waals surface area contributed by atoms with E-state index in [-0.39, 0.29) is 5.41 Å². The normalized spacial score (nSPS) is 15.8. The van der Waals surface area contributed by atoms with Gasteiger partial charge in [-0.25, -0.2) is 0 Å². The van der Waals surface area contributed by atoms with E-state index in [1.54, 1.807) is 0 Å². The molecule has 0 spiro atoms. The maximum Gasteiger partial charge on any atom is 0.0543 e. The largest absolute Gasteiger partial charge is 0.310 e. The molecule has 0 aromatic heterocycles. The molecule has 8 rings (SSSR count). The SMILES string of the molecule is CC1c2ccccc2-c2cc3c(cc21)-c1c(cc(N(c2ccccc2)c2ccccc2)c2ccccc12)C3(C)C. The molecule has 192 valence electrons. The standard InChI is InChI=1S/C39H31N/c1-25-28-18-10-11-19-29(28)33-23-35-34(22-32(25)33)38-31-21-13-12-20-30(31)37(24-36(38)39(35,2)3)40(26-14-6-4-7-15-26)27-16-8-5-9-17-27/h4-25H,1-3H3. The molecule has 0 fully saturated rings. The third kappa shape index (κ3) is 3.15. The summed E-state index contributed by atoms with van der Waals surface area (Å²) in [4.78, 5) is 2.42. The molecule has 40 heavy (non-hydrogen) atoms. The molecule has 6 aromatic rings. The lowest BCUT2D eigenvalue weighted by Gasteiger charge is -2.29. The summed E-state index contributed by atoms with van der Waals surface area (Å²) in [5, 5.41) is 2.59. The van der Waals surface area contributed by atoms with E-state index in [0.29, 0.717) is 5.92 Å². The number of rotatable bonds is 3. The van der Waals surface area contributed by atoms with Crippen molar-refractivity contribution in [2.75, 3.05) is 4.90 Å². The van der Waals surface area contributed by atoms with Crippen molar-refractivity contribution in [2.24, 2.45) is 0 Å². The van der Waals surface area contributed by atoms with E-state index < -0.39 is 0 Å². The van der Waals surface area contributed by atoms with Gasteiger partial charge in [0.05, 0.1) is 5.69 Å². The van der Waals surface area contributed by atoms with Gasteiger partial charge in [0.2, 0.25) is 0 Å². The molecule has 1 atom stereocenters. The second kappa shape index (κ2) is 8.44. The molecule has 0 saturated heterocycles. The minimum atomic E-state index is -0.127. The Balaban J connectivity index is 1.42. The van der Waals surface area contributed by atoms with E-state index in [9.17, 15) is 0 Å². The van der Waals surface area contributed by atoms with Gasteiger partial charge in [-0.3, -0.25) is 0 Å². The molecule has 1 unspecified atom stereocenters. The third-order valence-corrected chi connectivity index (χ3v) is 9.28. The van der Waals surface area contributed by atoms with Crippen LogP contribution in [0.4, 0.5) is 17.1 Å². The van der Waals surface area contributed by atoms with Crippen LogP contribution in [0.25, 0.3) is 33.0 Å². The van der Waals surface area contributed by atoms with Crippen molar-refractivity contribution in [2.45, 2.75) is 32.1 Å². The molecular weight excluding hydrogens is 482 g/mol. The number of benzene rings is 6. The van der Waals surface area contributed by atoms with Crippen molar-refractivity contribution in [3.8, 4) is 22.3 Å². The molecule has 0 N–H and O–H groups in total. The number of hydrogen-bond acceptors (Lipinski definition) is 1. The Morgan fingerprint density at radius 1 is 0.525 bits per heavy atom. The fraction of sp³-hybridized carbons (Fsp3) is 0.128. The lowest BCUT2D eigenvalue weighted by molar-refractivity contribution is 0.661. The first-order chi connectivity index (χ1) is 19.5. The van der Waals surface area contributed by atoms with Crippen molar-refractivity contribution in [3.05, 3.63) is 150 Å². The van der Waals surface area contributed by atoms with Crippen LogP contribution >= 0.6 is 0 Å². The third-order valence-electron chi connectivity index (χ3n) is 9.28. The van der Waals surface area contributed by atoms with Crippen molar-refractivity contribution in [1.29, 1.82) is 0 Å². The summed E-state index contributed by atoms with van der Waals surface area (Å²) in [6, 6.07) is 46.9. The molecule has 0 heterocycles. The number of anilines is 3. The Hall–Kier alpha value is -4.62. The zero-order chi connectivity index (χ0) is 27.0. The van der Waals surface area contributed by atoms with Gasteiger partial charge in [-0.2, -0.15) is 0 Å². The van der Waals surface area contributed by atoms with Crippen LogP contribution < -0.4 is 4.90 Å². The van der Waals surface area contributed by atoms with Gasteiger partial charge < -0.3 is 4.90 Å². The Morgan fingerprint density at radius 3 is 1.82 bits per heavy atom. The van der Waals surface area contributed by atoms with E-state index in [0.717, 1.165) is 11.4 Å². The van der Waals surface area contributed by atoms with Gasteiger partial charge in [0.25, 0.3) is 0 Å². The average Bonchev–Trinajstić information content (AvgIpc) is 3.40. The lowest BCUT2D eigenvalue weighted by Crippen LogP contribution is -2.17. The van der Waals surface area contributed by atoms with Crippen molar-refractivity contribution >= 4 is 27.8 Å². The molecule has 0 amide bonds. The van der Waals surface area contributed by atoms with Crippen LogP contribution in [-0.4, -0.2) is 0 Å². The summed E-state index contributed by atoms with van der Waals surface area (Å²) in [6.07, 6.45) is 0.